The Kier molecular flexibility index (Phi) is 3.87. The van der Waals surface area contributed by atoms with Gasteiger partial charge in [-0.1, -0.05) is 0 Å². The van der Waals surface area contributed by atoms with Crippen molar-refractivity contribution in [1.82, 2.24) is 19.2 Å². The number of pyridine rings is 1. The molecule has 7 nitrogen and oxygen atoms in total. The summed E-state index contributed by atoms with van der Waals surface area (Å²) in [7, 11) is -1.76. The molecule has 0 amide bonds. The molecule has 0 bridgehead atoms. The highest BCUT2D eigenvalue weighted by atomic mass is 32.2. The van der Waals surface area contributed by atoms with E-state index >= 15 is 0 Å². The minimum absolute atomic E-state index is 0.157. The minimum Gasteiger partial charge on any atom is -0.487 e. The zero-order valence-corrected chi connectivity index (χ0v) is 14.9. The molecule has 0 fully saturated rings. The molecule has 3 aromatic heterocycles. The second kappa shape index (κ2) is 5.62. The van der Waals surface area contributed by atoms with Gasteiger partial charge in [0.25, 0.3) is 0 Å². The number of sulfone groups is 1. The van der Waals surface area contributed by atoms with Crippen LogP contribution in [0.15, 0.2) is 41.9 Å². The lowest BCUT2D eigenvalue weighted by atomic mass is 10.3. The molecule has 3 rings (SSSR count). The molecular weight excluding hydrogens is 328 g/mol. The standard InChI is InChI=1S/C16H20N4O3S/c1-16(2,3)24(21,22)14-10-20-6-5-17-15(20)7-13(14)23-11-12-8-18-19(4)9-12/h5-10H,11H2,1-4H3. The van der Waals surface area contributed by atoms with Crippen LogP contribution in [0.3, 0.4) is 0 Å². The fourth-order valence-corrected chi connectivity index (χ4v) is 3.57. The molecule has 0 aliphatic heterocycles. The second-order valence-corrected chi connectivity index (χ2v) is 9.29. The summed E-state index contributed by atoms with van der Waals surface area (Å²) >= 11 is 0. The van der Waals surface area contributed by atoms with Gasteiger partial charge in [-0.2, -0.15) is 5.10 Å². The van der Waals surface area contributed by atoms with Crippen LogP contribution in [0.1, 0.15) is 26.3 Å². The normalized spacial score (nSPS) is 12.7. The van der Waals surface area contributed by atoms with E-state index in [0.29, 0.717) is 11.4 Å². The summed E-state index contributed by atoms with van der Waals surface area (Å²) in [6.07, 6.45) is 8.40. The molecule has 0 aliphatic rings. The molecule has 0 unspecified atom stereocenters. The Morgan fingerprint density at radius 3 is 2.62 bits per heavy atom. The van der Waals surface area contributed by atoms with Gasteiger partial charge in [0.2, 0.25) is 0 Å². The van der Waals surface area contributed by atoms with Gasteiger partial charge in [0.15, 0.2) is 9.84 Å². The van der Waals surface area contributed by atoms with E-state index in [9.17, 15) is 8.42 Å². The number of fused-ring (bicyclic) bond motifs is 1. The summed E-state index contributed by atoms with van der Waals surface area (Å²) in [5.74, 6) is 0.299. The number of aromatic nitrogens is 4. The molecule has 0 spiro atoms. The Hall–Kier alpha value is -2.35. The van der Waals surface area contributed by atoms with Crippen molar-refractivity contribution in [3.8, 4) is 5.75 Å². The van der Waals surface area contributed by atoms with Gasteiger partial charge in [-0.15, -0.1) is 0 Å². The average Bonchev–Trinajstić information content (AvgIpc) is 3.10. The number of hydrogen-bond acceptors (Lipinski definition) is 5. The van der Waals surface area contributed by atoms with Crippen molar-refractivity contribution in [2.45, 2.75) is 37.0 Å². The number of imidazole rings is 1. The lowest BCUT2D eigenvalue weighted by Gasteiger charge is -2.21. The smallest absolute Gasteiger partial charge is 0.188 e. The maximum atomic E-state index is 12.9. The van der Waals surface area contributed by atoms with Gasteiger partial charge >= 0.3 is 0 Å². The van der Waals surface area contributed by atoms with Crippen LogP contribution in [0.5, 0.6) is 5.75 Å². The summed E-state index contributed by atoms with van der Waals surface area (Å²) in [6, 6.07) is 1.65. The number of nitrogens with zero attached hydrogens (tertiary/aromatic N) is 4. The molecule has 3 heterocycles. The van der Waals surface area contributed by atoms with E-state index in [4.69, 9.17) is 4.74 Å². The van der Waals surface area contributed by atoms with Crippen LogP contribution in [0.2, 0.25) is 0 Å². The first-order valence-electron chi connectivity index (χ1n) is 7.50. The SMILES string of the molecule is Cn1cc(COc2cc3nccn3cc2S(=O)(=O)C(C)(C)C)cn1. The van der Waals surface area contributed by atoms with E-state index < -0.39 is 14.6 Å². The number of hydrogen-bond donors (Lipinski definition) is 0. The van der Waals surface area contributed by atoms with Crippen molar-refractivity contribution in [3.63, 3.8) is 0 Å². The lowest BCUT2D eigenvalue weighted by Crippen LogP contribution is -2.28. The highest BCUT2D eigenvalue weighted by molar-refractivity contribution is 7.92. The molecule has 0 saturated carbocycles. The van der Waals surface area contributed by atoms with E-state index in [1.54, 1.807) is 60.7 Å². The summed E-state index contributed by atoms with van der Waals surface area (Å²) < 4.78 is 34.1. The zero-order valence-electron chi connectivity index (χ0n) is 14.1. The van der Waals surface area contributed by atoms with Crippen LogP contribution in [0.4, 0.5) is 0 Å². The Morgan fingerprint density at radius 2 is 2.00 bits per heavy atom. The maximum absolute atomic E-state index is 12.9. The van der Waals surface area contributed by atoms with E-state index in [0.717, 1.165) is 5.56 Å². The third-order valence-corrected chi connectivity index (χ3v) is 6.20. The molecule has 0 radical (unpaired) electrons. The van der Waals surface area contributed by atoms with Gasteiger partial charge in [0, 0.05) is 43.5 Å². The molecule has 128 valence electrons. The zero-order chi connectivity index (χ0) is 17.5. The fraction of sp³-hybridized carbons (Fsp3) is 0.375. The van der Waals surface area contributed by atoms with Crippen LogP contribution in [0, 0.1) is 0 Å². The quantitative estimate of drug-likeness (QED) is 0.722. The molecule has 0 aliphatic carbocycles. The Bertz CT molecular complexity index is 980. The van der Waals surface area contributed by atoms with Crippen LogP contribution >= 0.6 is 0 Å². The second-order valence-electron chi connectivity index (χ2n) is 6.62. The molecule has 0 saturated heterocycles. The monoisotopic (exact) mass is 348 g/mol. The Balaban J connectivity index is 2.06. The van der Waals surface area contributed by atoms with Crippen molar-refractivity contribution < 1.29 is 13.2 Å². The highest BCUT2D eigenvalue weighted by Crippen LogP contribution is 2.33. The van der Waals surface area contributed by atoms with Gasteiger partial charge in [-0.05, 0) is 20.8 Å². The number of aryl methyl sites for hydroxylation is 1. The first-order chi connectivity index (χ1) is 11.2. The van der Waals surface area contributed by atoms with Crippen molar-refractivity contribution >= 4 is 15.5 Å². The minimum atomic E-state index is -3.57. The lowest BCUT2D eigenvalue weighted by molar-refractivity contribution is 0.297. The molecule has 0 aromatic carbocycles. The summed E-state index contributed by atoms with van der Waals surface area (Å²) in [5, 5.41) is 4.08. The van der Waals surface area contributed by atoms with Gasteiger partial charge in [0.05, 0.1) is 10.9 Å². The summed E-state index contributed by atoms with van der Waals surface area (Å²) in [6.45, 7) is 5.25. The summed E-state index contributed by atoms with van der Waals surface area (Å²) in [5.41, 5.74) is 1.49. The van der Waals surface area contributed by atoms with Gasteiger partial charge in [-0.25, -0.2) is 13.4 Å². The van der Waals surface area contributed by atoms with Crippen molar-refractivity contribution in [3.05, 3.63) is 42.6 Å². The van der Waals surface area contributed by atoms with Gasteiger partial charge in [-0.3, -0.25) is 4.68 Å². The Labute approximate surface area is 140 Å². The summed E-state index contributed by atoms with van der Waals surface area (Å²) in [4.78, 5) is 4.35. The largest absolute Gasteiger partial charge is 0.487 e. The third-order valence-electron chi connectivity index (χ3n) is 3.71. The molecule has 3 aromatic rings. The number of ether oxygens (including phenoxy) is 1. The predicted octanol–water partition coefficient (Wildman–Crippen LogP) is 2.22. The highest BCUT2D eigenvalue weighted by Gasteiger charge is 2.34. The average molecular weight is 348 g/mol. The Morgan fingerprint density at radius 1 is 1.25 bits per heavy atom. The molecule has 0 atom stereocenters. The first-order valence-corrected chi connectivity index (χ1v) is 8.98. The molecule has 8 heteroatoms. The third kappa shape index (κ3) is 2.89. The van der Waals surface area contributed by atoms with Gasteiger partial charge < -0.3 is 9.14 Å². The van der Waals surface area contributed by atoms with Crippen molar-refractivity contribution in [1.29, 1.82) is 0 Å². The molecule has 24 heavy (non-hydrogen) atoms. The van der Waals surface area contributed by atoms with Crippen molar-refractivity contribution in [2.24, 2.45) is 7.05 Å². The van der Waals surface area contributed by atoms with Crippen molar-refractivity contribution in [2.75, 3.05) is 0 Å². The van der Waals surface area contributed by atoms with Crippen LogP contribution in [0.25, 0.3) is 5.65 Å². The van der Waals surface area contributed by atoms with E-state index in [-0.39, 0.29) is 11.5 Å². The van der Waals surface area contributed by atoms with Gasteiger partial charge in [0.1, 0.15) is 22.9 Å². The fourth-order valence-electron chi connectivity index (χ4n) is 2.28. The van der Waals surface area contributed by atoms with E-state index in [1.807, 2.05) is 13.2 Å². The maximum Gasteiger partial charge on any atom is 0.188 e. The van der Waals surface area contributed by atoms with E-state index in [2.05, 4.69) is 10.1 Å². The van der Waals surface area contributed by atoms with Crippen LogP contribution in [-0.4, -0.2) is 32.3 Å². The van der Waals surface area contributed by atoms with Crippen LogP contribution < -0.4 is 4.74 Å². The van der Waals surface area contributed by atoms with E-state index in [1.165, 1.54) is 0 Å². The molecular formula is C16H20N4O3S. The first kappa shape index (κ1) is 16.5. The van der Waals surface area contributed by atoms with Crippen LogP contribution in [-0.2, 0) is 23.5 Å². The molecule has 0 N–H and O–H groups in total. The number of rotatable bonds is 4. The topological polar surface area (TPSA) is 78.5 Å². The predicted molar refractivity (Wildman–Crippen MR) is 89.7 cm³/mol.